The summed E-state index contributed by atoms with van der Waals surface area (Å²) in [6, 6.07) is 7.19. The van der Waals surface area contributed by atoms with Crippen LogP contribution in [0, 0.1) is 5.92 Å². The van der Waals surface area contributed by atoms with Crippen molar-refractivity contribution in [3.8, 4) is 0 Å². The van der Waals surface area contributed by atoms with Crippen LogP contribution in [-0.4, -0.2) is 35.0 Å². The number of rotatable bonds is 3. The SMILES string of the molecule is Nc1cccc(/C=C/C(=O)N2CC(C(=O)O)C2)c1. The summed E-state index contributed by atoms with van der Waals surface area (Å²) in [5.74, 6) is -1.44. The smallest absolute Gasteiger partial charge is 0.310 e. The molecule has 1 aliphatic rings. The van der Waals surface area contributed by atoms with Gasteiger partial charge in [-0.1, -0.05) is 12.1 Å². The summed E-state index contributed by atoms with van der Waals surface area (Å²) in [4.78, 5) is 23.8. The molecule has 1 heterocycles. The fourth-order valence-corrected chi connectivity index (χ4v) is 1.75. The van der Waals surface area contributed by atoms with Crippen LogP contribution in [0.15, 0.2) is 30.3 Å². The van der Waals surface area contributed by atoms with Gasteiger partial charge in [-0.2, -0.15) is 0 Å². The standard InChI is InChI=1S/C13H14N2O3/c14-11-3-1-2-9(6-11)4-5-12(16)15-7-10(8-15)13(17)18/h1-6,10H,7-8,14H2,(H,17,18)/b5-4+. The molecule has 0 aromatic heterocycles. The number of carbonyl (C=O) groups is 2. The number of anilines is 1. The molecule has 1 aromatic carbocycles. The van der Waals surface area contributed by atoms with E-state index in [0.717, 1.165) is 5.56 Å². The summed E-state index contributed by atoms with van der Waals surface area (Å²) in [5.41, 5.74) is 7.10. The number of aliphatic carboxylic acids is 1. The molecule has 0 radical (unpaired) electrons. The molecule has 1 saturated heterocycles. The number of amides is 1. The maximum Gasteiger partial charge on any atom is 0.310 e. The van der Waals surface area contributed by atoms with Gasteiger partial charge in [-0.3, -0.25) is 9.59 Å². The monoisotopic (exact) mass is 246 g/mol. The van der Waals surface area contributed by atoms with Gasteiger partial charge in [0.1, 0.15) is 0 Å². The van der Waals surface area contributed by atoms with Crippen LogP contribution in [0.1, 0.15) is 5.56 Å². The summed E-state index contributed by atoms with van der Waals surface area (Å²) in [6.07, 6.45) is 3.11. The Hall–Kier alpha value is -2.30. The molecule has 2 rings (SSSR count). The molecule has 94 valence electrons. The van der Waals surface area contributed by atoms with E-state index in [1.165, 1.54) is 11.0 Å². The molecule has 0 atom stereocenters. The van der Waals surface area contributed by atoms with Crippen molar-refractivity contribution >= 4 is 23.6 Å². The van der Waals surface area contributed by atoms with E-state index in [-0.39, 0.29) is 19.0 Å². The van der Waals surface area contributed by atoms with Crippen molar-refractivity contribution in [3.05, 3.63) is 35.9 Å². The average Bonchev–Trinajstić information content (AvgIpc) is 2.24. The molecule has 3 N–H and O–H groups in total. The maximum absolute atomic E-state index is 11.7. The zero-order valence-electron chi connectivity index (χ0n) is 9.74. The van der Waals surface area contributed by atoms with Gasteiger partial charge >= 0.3 is 5.97 Å². The van der Waals surface area contributed by atoms with Gasteiger partial charge in [-0.15, -0.1) is 0 Å². The summed E-state index contributed by atoms with van der Waals surface area (Å²) in [5, 5.41) is 8.70. The molecule has 0 aliphatic carbocycles. The normalized spacial score (nSPS) is 15.7. The number of carboxylic acids is 1. The van der Waals surface area contributed by atoms with Gasteiger partial charge in [0.2, 0.25) is 5.91 Å². The van der Waals surface area contributed by atoms with Crippen molar-refractivity contribution in [2.75, 3.05) is 18.8 Å². The number of nitrogens with two attached hydrogens (primary N) is 1. The summed E-state index contributed by atoms with van der Waals surface area (Å²) in [6.45, 7) is 0.574. The number of hydrogen-bond acceptors (Lipinski definition) is 3. The molecular weight excluding hydrogens is 232 g/mol. The number of benzene rings is 1. The van der Waals surface area contributed by atoms with Crippen LogP contribution in [0.4, 0.5) is 5.69 Å². The molecule has 1 aliphatic heterocycles. The van der Waals surface area contributed by atoms with Crippen molar-refractivity contribution in [2.24, 2.45) is 5.92 Å². The zero-order valence-corrected chi connectivity index (χ0v) is 9.74. The molecule has 5 nitrogen and oxygen atoms in total. The van der Waals surface area contributed by atoms with Crippen LogP contribution < -0.4 is 5.73 Å². The van der Waals surface area contributed by atoms with Crippen LogP contribution in [0.3, 0.4) is 0 Å². The Morgan fingerprint density at radius 1 is 1.39 bits per heavy atom. The van der Waals surface area contributed by atoms with Crippen molar-refractivity contribution < 1.29 is 14.7 Å². The van der Waals surface area contributed by atoms with Gasteiger partial charge in [0, 0.05) is 24.9 Å². The molecule has 0 bridgehead atoms. The molecule has 1 aromatic rings. The van der Waals surface area contributed by atoms with Crippen LogP contribution in [0.2, 0.25) is 0 Å². The van der Waals surface area contributed by atoms with E-state index in [2.05, 4.69) is 0 Å². The molecule has 5 heteroatoms. The predicted molar refractivity (Wildman–Crippen MR) is 67.6 cm³/mol. The molecule has 1 amide bonds. The van der Waals surface area contributed by atoms with Crippen LogP contribution in [-0.2, 0) is 9.59 Å². The molecule has 0 unspecified atom stereocenters. The lowest BCUT2D eigenvalue weighted by Gasteiger charge is -2.35. The highest BCUT2D eigenvalue weighted by Crippen LogP contribution is 2.16. The van der Waals surface area contributed by atoms with E-state index in [1.54, 1.807) is 18.2 Å². The Bertz CT molecular complexity index is 505. The number of likely N-dealkylation sites (tertiary alicyclic amines) is 1. The average molecular weight is 246 g/mol. The van der Waals surface area contributed by atoms with Gasteiger partial charge in [0.25, 0.3) is 0 Å². The third kappa shape index (κ3) is 2.68. The Labute approximate surface area is 105 Å². The highest BCUT2D eigenvalue weighted by Gasteiger charge is 2.34. The lowest BCUT2D eigenvalue weighted by atomic mass is 10.0. The minimum atomic E-state index is -0.848. The largest absolute Gasteiger partial charge is 0.481 e. The Balaban J connectivity index is 1.91. The molecular formula is C13H14N2O3. The molecule has 1 fully saturated rings. The number of carboxylic acid groups (broad SMARTS) is 1. The van der Waals surface area contributed by atoms with Crippen molar-refractivity contribution in [2.45, 2.75) is 0 Å². The lowest BCUT2D eigenvalue weighted by molar-refractivity contribution is -0.151. The molecule has 0 saturated carbocycles. The van der Waals surface area contributed by atoms with E-state index < -0.39 is 11.9 Å². The van der Waals surface area contributed by atoms with Crippen LogP contribution in [0.25, 0.3) is 6.08 Å². The van der Waals surface area contributed by atoms with Gasteiger partial charge in [-0.05, 0) is 23.8 Å². The lowest BCUT2D eigenvalue weighted by Crippen LogP contribution is -2.52. The van der Waals surface area contributed by atoms with Crippen molar-refractivity contribution in [3.63, 3.8) is 0 Å². The van der Waals surface area contributed by atoms with Gasteiger partial charge in [0.15, 0.2) is 0 Å². The first-order chi connectivity index (χ1) is 8.56. The second-order valence-electron chi connectivity index (χ2n) is 4.28. The topological polar surface area (TPSA) is 83.6 Å². The first-order valence-electron chi connectivity index (χ1n) is 5.61. The van der Waals surface area contributed by atoms with Crippen LogP contribution in [0.5, 0.6) is 0 Å². The van der Waals surface area contributed by atoms with E-state index in [1.807, 2.05) is 12.1 Å². The number of nitrogens with zero attached hydrogens (tertiary/aromatic N) is 1. The Kier molecular flexibility index (Phi) is 3.32. The van der Waals surface area contributed by atoms with Crippen molar-refractivity contribution in [1.82, 2.24) is 4.90 Å². The van der Waals surface area contributed by atoms with Crippen LogP contribution >= 0.6 is 0 Å². The predicted octanol–water partition coefficient (Wildman–Crippen LogP) is 0.825. The fraction of sp³-hybridized carbons (Fsp3) is 0.231. The molecule has 0 spiro atoms. The summed E-state index contributed by atoms with van der Waals surface area (Å²) in [7, 11) is 0. The zero-order chi connectivity index (χ0) is 13.1. The highest BCUT2D eigenvalue weighted by atomic mass is 16.4. The van der Waals surface area contributed by atoms with Gasteiger partial charge in [0.05, 0.1) is 5.92 Å². The number of nitrogen functional groups attached to an aromatic ring is 1. The minimum absolute atomic E-state index is 0.171. The summed E-state index contributed by atoms with van der Waals surface area (Å²) >= 11 is 0. The first kappa shape index (κ1) is 12.2. The second-order valence-corrected chi connectivity index (χ2v) is 4.28. The van der Waals surface area contributed by atoms with E-state index in [9.17, 15) is 9.59 Å². The Morgan fingerprint density at radius 2 is 2.11 bits per heavy atom. The van der Waals surface area contributed by atoms with Crippen molar-refractivity contribution in [1.29, 1.82) is 0 Å². The number of carbonyl (C=O) groups excluding carboxylic acids is 1. The maximum atomic E-state index is 11.7. The first-order valence-corrected chi connectivity index (χ1v) is 5.61. The summed E-state index contributed by atoms with van der Waals surface area (Å²) < 4.78 is 0. The highest BCUT2D eigenvalue weighted by molar-refractivity contribution is 5.93. The van der Waals surface area contributed by atoms with E-state index in [4.69, 9.17) is 10.8 Å². The van der Waals surface area contributed by atoms with E-state index in [0.29, 0.717) is 5.69 Å². The quantitative estimate of drug-likeness (QED) is 0.611. The Morgan fingerprint density at radius 3 is 2.72 bits per heavy atom. The fourth-order valence-electron chi connectivity index (χ4n) is 1.75. The number of hydrogen-bond donors (Lipinski definition) is 2. The van der Waals surface area contributed by atoms with Gasteiger partial charge in [-0.25, -0.2) is 0 Å². The second kappa shape index (κ2) is 4.91. The van der Waals surface area contributed by atoms with E-state index >= 15 is 0 Å². The third-order valence-corrected chi connectivity index (χ3v) is 2.87. The minimum Gasteiger partial charge on any atom is -0.481 e. The molecule has 18 heavy (non-hydrogen) atoms. The van der Waals surface area contributed by atoms with Gasteiger partial charge < -0.3 is 15.7 Å². The third-order valence-electron chi connectivity index (χ3n) is 2.87.